The molecule has 1 aromatic carbocycles. The summed E-state index contributed by atoms with van der Waals surface area (Å²) in [7, 11) is 6.26. The molecule has 2 aliphatic rings. The maximum atomic E-state index is 12.8. The first-order valence-corrected chi connectivity index (χ1v) is 9.07. The van der Waals surface area contributed by atoms with Gasteiger partial charge in [0, 0.05) is 18.6 Å². The molecule has 1 saturated heterocycles. The van der Waals surface area contributed by atoms with E-state index in [9.17, 15) is 4.79 Å². The van der Waals surface area contributed by atoms with Crippen LogP contribution in [0.2, 0.25) is 0 Å². The van der Waals surface area contributed by atoms with E-state index in [1.54, 1.807) is 27.4 Å². The van der Waals surface area contributed by atoms with E-state index in [0.717, 1.165) is 5.56 Å². The van der Waals surface area contributed by atoms with Crippen molar-refractivity contribution < 1.29 is 28.5 Å². The van der Waals surface area contributed by atoms with Crippen molar-refractivity contribution in [1.82, 2.24) is 0 Å². The van der Waals surface area contributed by atoms with Crippen LogP contribution in [-0.4, -0.2) is 39.8 Å². The van der Waals surface area contributed by atoms with E-state index in [0.29, 0.717) is 29.3 Å². The van der Waals surface area contributed by atoms with Gasteiger partial charge in [-0.1, -0.05) is 19.1 Å². The molecule has 0 amide bonds. The standard InChI is InChI=1S/C22H26O6/c1-7-8-15-12-22(27-6)13(2)19(28-21(22)20(26-5)18(15)23)14-9-10-16(24-3)17(11-14)25-4/h7,9-13,19H,1,8H2,2-6H3/t13-,19+,22-/m1/s1. The topological polar surface area (TPSA) is 63.2 Å². The van der Waals surface area contributed by atoms with E-state index in [-0.39, 0.29) is 23.6 Å². The fourth-order valence-corrected chi connectivity index (χ4v) is 3.97. The Morgan fingerprint density at radius 1 is 1.14 bits per heavy atom. The van der Waals surface area contributed by atoms with Gasteiger partial charge in [0.2, 0.25) is 11.5 Å². The van der Waals surface area contributed by atoms with Crippen molar-refractivity contribution in [2.75, 3.05) is 28.4 Å². The molecule has 0 radical (unpaired) electrons. The molecule has 6 heteroatoms. The summed E-state index contributed by atoms with van der Waals surface area (Å²) in [6, 6.07) is 5.64. The molecule has 1 aliphatic heterocycles. The Bertz CT molecular complexity index is 853. The number of hydrogen-bond acceptors (Lipinski definition) is 6. The number of ether oxygens (including phenoxy) is 5. The van der Waals surface area contributed by atoms with Gasteiger partial charge in [-0.15, -0.1) is 6.58 Å². The van der Waals surface area contributed by atoms with Gasteiger partial charge in [-0.25, -0.2) is 0 Å². The summed E-state index contributed by atoms with van der Waals surface area (Å²) in [6.45, 7) is 5.77. The Labute approximate surface area is 165 Å². The van der Waals surface area contributed by atoms with E-state index < -0.39 is 5.60 Å². The quantitative estimate of drug-likeness (QED) is 0.665. The molecule has 150 valence electrons. The number of carbonyl (C=O) groups is 1. The highest BCUT2D eigenvalue weighted by molar-refractivity contribution is 6.09. The molecule has 0 saturated carbocycles. The summed E-state index contributed by atoms with van der Waals surface area (Å²) in [4.78, 5) is 12.8. The number of carbonyl (C=O) groups excluding carboxylic acids is 1. The molecular weight excluding hydrogens is 360 g/mol. The molecular formula is C22H26O6. The first kappa shape index (κ1) is 20.0. The van der Waals surface area contributed by atoms with Crippen LogP contribution in [0.4, 0.5) is 0 Å². The van der Waals surface area contributed by atoms with Crippen molar-refractivity contribution in [1.29, 1.82) is 0 Å². The van der Waals surface area contributed by atoms with Gasteiger partial charge in [-0.2, -0.15) is 0 Å². The zero-order valence-electron chi connectivity index (χ0n) is 16.9. The predicted molar refractivity (Wildman–Crippen MR) is 104 cm³/mol. The number of ketones is 1. The van der Waals surface area contributed by atoms with Crippen LogP contribution >= 0.6 is 0 Å². The number of hydrogen-bond donors (Lipinski definition) is 0. The lowest BCUT2D eigenvalue weighted by molar-refractivity contribution is -0.116. The Morgan fingerprint density at radius 2 is 1.86 bits per heavy atom. The van der Waals surface area contributed by atoms with Gasteiger partial charge >= 0.3 is 0 Å². The molecule has 1 fully saturated rings. The van der Waals surface area contributed by atoms with E-state index >= 15 is 0 Å². The van der Waals surface area contributed by atoms with Gasteiger partial charge in [0.05, 0.1) is 21.3 Å². The average molecular weight is 386 g/mol. The number of rotatable bonds is 7. The Morgan fingerprint density at radius 3 is 2.43 bits per heavy atom. The fourth-order valence-electron chi connectivity index (χ4n) is 3.97. The van der Waals surface area contributed by atoms with Gasteiger partial charge < -0.3 is 23.7 Å². The summed E-state index contributed by atoms with van der Waals surface area (Å²) in [5.74, 6) is 1.50. The van der Waals surface area contributed by atoms with Gasteiger partial charge in [-0.3, -0.25) is 4.79 Å². The summed E-state index contributed by atoms with van der Waals surface area (Å²) < 4.78 is 28.4. The number of benzene rings is 1. The van der Waals surface area contributed by atoms with Crippen LogP contribution in [0.1, 0.15) is 25.0 Å². The number of methoxy groups -OCH3 is 4. The molecule has 1 aromatic rings. The monoisotopic (exact) mass is 386 g/mol. The molecule has 0 bridgehead atoms. The normalized spacial score (nSPS) is 26.3. The molecule has 0 N–H and O–H groups in total. The number of allylic oxidation sites excluding steroid dienone is 2. The lowest BCUT2D eigenvalue weighted by Crippen LogP contribution is -2.40. The molecule has 6 nitrogen and oxygen atoms in total. The second-order valence-corrected chi connectivity index (χ2v) is 6.79. The first-order valence-electron chi connectivity index (χ1n) is 9.07. The smallest absolute Gasteiger partial charge is 0.227 e. The summed E-state index contributed by atoms with van der Waals surface area (Å²) >= 11 is 0. The van der Waals surface area contributed by atoms with E-state index in [2.05, 4.69) is 6.58 Å². The highest BCUT2D eigenvalue weighted by Gasteiger charge is 2.56. The van der Waals surface area contributed by atoms with Crippen molar-refractivity contribution in [2.45, 2.75) is 25.0 Å². The zero-order valence-corrected chi connectivity index (χ0v) is 16.9. The third-order valence-corrected chi connectivity index (χ3v) is 5.47. The number of fused-ring (bicyclic) bond motifs is 1. The van der Waals surface area contributed by atoms with Gasteiger partial charge in [0.25, 0.3) is 0 Å². The highest BCUT2D eigenvalue weighted by atomic mass is 16.6. The maximum Gasteiger partial charge on any atom is 0.227 e. The van der Waals surface area contributed by atoms with Crippen LogP contribution in [0.25, 0.3) is 0 Å². The first-order chi connectivity index (χ1) is 13.5. The maximum absolute atomic E-state index is 12.8. The van der Waals surface area contributed by atoms with Gasteiger partial charge in [0.15, 0.2) is 22.9 Å². The minimum absolute atomic E-state index is 0.122. The number of Topliss-reactive ketones (excluding diaryl/α,β-unsaturated/α-hetero) is 1. The van der Waals surface area contributed by atoms with Crippen molar-refractivity contribution in [3.63, 3.8) is 0 Å². The van der Waals surface area contributed by atoms with Crippen LogP contribution in [0.15, 0.2) is 54.0 Å². The lowest BCUT2D eigenvalue weighted by Gasteiger charge is -2.32. The second-order valence-electron chi connectivity index (χ2n) is 6.79. The van der Waals surface area contributed by atoms with Crippen LogP contribution < -0.4 is 9.47 Å². The zero-order chi connectivity index (χ0) is 20.5. The van der Waals surface area contributed by atoms with E-state index in [4.69, 9.17) is 23.7 Å². The molecule has 0 aromatic heterocycles. The summed E-state index contributed by atoms with van der Waals surface area (Å²) in [5, 5.41) is 0. The molecule has 3 rings (SSSR count). The van der Waals surface area contributed by atoms with Crippen molar-refractivity contribution >= 4 is 5.78 Å². The second kappa shape index (κ2) is 7.72. The van der Waals surface area contributed by atoms with E-state index in [1.807, 2.05) is 31.2 Å². The molecule has 0 unspecified atom stereocenters. The summed E-state index contributed by atoms with van der Waals surface area (Å²) in [6.07, 6.45) is 3.61. The van der Waals surface area contributed by atoms with E-state index in [1.165, 1.54) is 7.11 Å². The van der Waals surface area contributed by atoms with Crippen LogP contribution in [-0.2, 0) is 19.0 Å². The largest absolute Gasteiger partial charge is 0.493 e. The van der Waals surface area contributed by atoms with Crippen LogP contribution in [0, 0.1) is 5.92 Å². The minimum atomic E-state index is -0.893. The van der Waals surface area contributed by atoms with Crippen LogP contribution in [0.3, 0.4) is 0 Å². The SMILES string of the molecule is C=CCC1=C[C@]2(OC)C(=C(OC)C1=O)O[C@H](c1ccc(OC)c(OC)c1)[C@H]2C. The minimum Gasteiger partial charge on any atom is -0.493 e. The summed E-state index contributed by atoms with van der Waals surface area (Å²) in [5.41, 5.74) is 0.584. The molecule has 1 heterocycles. The average Bonchev–Trinajstić information content (AvgIpc) is 3.01. The van der Waals surface area contributed by atoms with Crippen LogP contribution in [0.5, 0.6) is 11.5 Å². The molecule has 28 heavy (non-hydrogen) atoms. The Hall–Kier alpha value is -2.73. The third-order valence-electron chi connectivity index (χ3n) is 5.47. The van der Waals surface area contributed by atoms with Gasteiger partial charge in [-0.05, 0) is 30.2 Å². The lowest BCUT2D eigenvalue weighted by atomic mass is 9.78. The molecule has 0 spiro atoms. The van der Waals surface area contributed by atoms with Crippen molar-refractivity contribution in [3.8, 4) is 11.5 Å². The van der Waals surface area contributed by atoms with Crippen molar-refractivity contribution in [3.05, 3.63) is 59.6 Å². The fraction of sp³-hybridized carbons (Fsp3) is 0.409. The van der Waals surface area contributed by atoms with Gasteiger partial charge in [0.1, 0.15) is 6.10 Å². The molecule has 3 atom stereocenters. The third kappa shape index (κ3) is 2.88. The highest BCUT2D eigenvalue weighted by Crippen LogP contribution is 2.54. The Kier molecular flexibility index (Phi) is 5.52. The van der Waals surface area contributed by atoms with Crippen molar-refractivity contribution in [2.24, 2.45) is 5.92 Å². The predicted octanol–water partition coefficient (Wildman–Crippen LogP) is 3.74. The Balaban J connectivity index is 2.12. The molecule has 1 aliphatic carbocycles.